The number of hydrogen-bond acceptors (Lipinski definition) is 3. The summed E-state index contributed by atoms with van der Waals surface area (Å²) in [5.41, 5.74) is 1.01. The van der Waals surface area contributed by atoms with Crippen molar-refractivity contribution >= 4 is 5.97 Å². The lowest BCUT2D eigenvalue weighted by Crippen LogP contribution is -2.06. The van der Waals surface area contributed by atoms with Gasteiger partial charge >= 0.3 is 5.97 Å². The van der Waals surface area contributed by atoms with Crippen molar-refractivity contribution in [3.63, 3.8) is 0 Å². The first kappa shape index (κ1) is 13.2. The lowest BCUT2D eigenvalue weighted by molar-refractivity contribution is 0.0683. The number of benzene rings is 1. The van der Waals surface area contributed by atoms with Crippen LogP contribution in [0.25, 0.3) is 5.69 Å². The highest BCUT2D eigenvalue weighted by Gasteiger charge is 2.17. The number of aryl methyl sites for hydroxylation is 2. The molecule has 0 fully saturated rings. The van der Waals surface area contributed by atoms with Crippen molar-refractivity contribution in [3.8, 4) is 5.69 Å². The molecule has 1 heterocycles. The highest BCUT2D eigenvalue weighted by molar-refractivity contribution is 5.83. The summed E-state index contributed by atoms with van der Waals surface area (Å²) in [6.07, 6.45) is 1.30. The Morgan fingerprint density at radius 3 is 2.79 bits per heavy atom. The van der Waals surface area contributed by atoms with E-state index in [-0.39, 0.29) is 11.5 Å². The third kappa shape index (κ3) is 2.62. The summed E-state index contributed by atoms with van der Waals surface area (Å²) in [5.74, 6) is -1.53. The minimum atomic E-state index is -1.22. The summed E-state index contributed by atoms with van der Waals surface area (Å²) in [5, 5.41) is 12.8. The molecule has 2 aromatic rings. The number of rotatable bonds is 4. The van der Waals surface area contributed by atoms with Crippen LogP contribution in [0.15, 0.2) is 18.2 Å². The molecule has 1 aromatic heterocycles. The van der Waals surface area contributed by atoms with Crippen LogP contribution in [-0.4, -0.2) is 25.8 Å². The molecule has 0 unspecified atom stereocenters. The van der Waals surface area contributed by atoms with E-state index < -0.39 is 11.8 Å². The Hall–Kier alpha value is -2.24. The van der Waals surface area contributed by atoms with E-state index in [1.54, 1.807) is 19.1 Å². The molecule has 1 aromatic carbocycles. The first-order chi connectivity index (χ1) is 9.02. The smallest absolute Gasteiger partial charge is 0.375 e. The Bertz CT molecular complexity index is 622. The third-order valence-electron chi connectivity index (χ3n) is 2.67. The van der Waals surface area contributed by atoms with Crippen molar-refractivity contribution < 1.29 is 14.3 Å². The molecular formula is C13H14FN3O2. The van der Waals surface area contributed by atoms with E-state index in [1.807, 2.05) is 6.92 Å². The zero-order valence-electron chi connectivity index (χ0n) is 10.7. The van der Waals surface area contributed by atoms with Gasteiger partial charge in [-0.05, 0) is 31.0 Å². The van der Waals surface area contributed by atoms with Crippen LogP contribution in [0.4, 0.5) is 4.39 Å². The van der Waals surface area contributed by atoms with Gasteiger partial charge in [-0.2, -0.15) is 0 Å². The molecule has 0 saturated heterocycles. The molecule has 2 rings (SSSR count). The van der Waals surface area contributed by atoms with Gasteiger partial charge in [0.25, 0.3) is 5.82 Å². The number of carboxylic acids is 1. The summed E-state index contributed by atoms with van der Waals surface area (Å²) in [6, 6.07) is 4.70. The second kappa shape index (κ2) is 5.17. The van der Waals surface area contributed by atoms with E-state index in [2.05, 4.69) is 10.1 Å². The first-order valence-corrected chi connectivity index (χ1v) is 5.98. The minimum Gasteiger partial charge on any atom is -0.475 e. The fourth-order valence-corrected chi connectivity index (χ4v) is 1.80. The Balaban J connectivity index is 2.56. The molecule has 0 radical (unpaired) electrons. The standard InChI is InChI=1S/C13H14FN3O2/c1-3-4-11-15-12(13(18)19)16-17(11)10-6-5-8(2)7-9(10)14/h5-7H,3-4H2,1-2H3,(H,18,19). The molecule has 0 spiro atoms. The van der Waals surface area contributed by atoms with Crippen molar-refractivity contribution in [1.82, 2.24) is 14.8 Å². The molecule has 0 bridgehead atoms. The van der Waals surface area contributed by atoms with E-state index in [0.717, 1.165) is 12.0 Å². The number of halogens is 1. The lowest BCUT2D eigenvalue weighted by Gasteiger charge is -2.06. The largest absolute Gasteiger partial charge is 0.475 e. The van der Waals surface area contributed by atoms with Crippen LogP contribution in [0.1, 0.15) is 35.4 Å². The second-order valence-corrected chi connectivity index (χ2v) is 4.27. The van der Waals surface area contributed by atoms with E-state index >= 15 is 0 Å². The van der Waals surface area contributed by atoms with Gasteiger partial charge in [0, 0.05) is 6.42 Å². The Kier molecular flexibility index (Phi) is 3.59. The average molecular weight is 263 g/mol. The van der Waals surface area contributed by atoms with E-state index in [0.29, 0.717) is 12.2 Å². The Morgan fingerprint density at radius 1 is 1.47 bits per heavy atom. The third-order valence-corrected chi connectivity index (χ3v) is 2.67. The van der Waals surface area contributed by atoms with Gasteiger partial charge in [-0.3, -0.25) is 0 Å². The van der Waals surface area contributed by atoms with Crippen molar-refractivity contribution in [3.05, 3.63) is 41.2 Å². The minimum absolute atomic E-state index is 0.217. The molecule has 19 heavy (non-hydrogen) atoms. The highest BCUT2D eigenvalue weighted by atomic mass is 19.1. The fourth-order valence-electron chi connectivity index (χ4n) is 1.80. The van der Waals surface area contributed by atoms with Gasteiger partial charge in [0.05, 0.1) is 0 Å². The zero-order valence-corrected chi connectivity index (χ0v) is 10.7. The highest BCUT2D eigenvalue weighted by Crippen LogP contribution is 2.17. The topological polar surface area (TPSA) is 68.0 Å². The number of aromatic carboxylic acids is 1. The number of carboxylic acid groups (broad SMARTS) is 1. The molecule has 6 heteroatoms. The van der Waals surface area contributed by atoms with Gasteiger partial charge in [-0.25, -0.2) is 18.9 Å². The quantitative estimate of drug-likeness (QED) is 0.919. The summed E-state index contributed by atoms with van der Waals surface area (Å²) in [7, 11) is 0. The molecule has 0 saturated carbocycles. The predicted molar refractivity (Wildman–Crippen MR) is 67.0 cm³/mol. The summed E-state index contributed by atoms with van der Waals surface area (Å²) < 4.78 is 15.2. The van der Waals surface area contributed by atoms with Gasteiger partial charge in [-0.15, -0.1) is 5.10 Å². The molecule has 5 nitrogen and oxygen atoms in total. The van der Waals surface area contributed by atoms with Gasteiger partial charge in [0.2, 0.25) is 0 Å². The number of carbonyl (C=O) groups is 1. The van der Waals surface area contributed by atoms with Crippen molar-refractivity contribution in [2.45, 2.75) is 26.7 Å². The molecule has 0 aliphatic carbocycles. The molecule has 0 atom stereocenters. The molecule has 0 amide bonds. The summed E-state index contributed by atoms with van der Waals surface area (Å²) in [6.45, 7) is 3.72. The van der Waals surface area contributed by atoms with Crippen LogP contribution in [0.3, 0.4) is 0 Å². The summed E-state index contributed by atoms with van der Waals surface area (Å²) in [4.78, 5) is 14.8. The van der Waals surface area contributed by atoms with Crippen LogP contribution in [0.5, 0.6) is 0 Å². The molecule has 0 aliphatic rings. The second-order valence-electron chi connectivity index (χ2n) is 4.27. The normalized spacial score (nSPS) is 10.7. The maximum absolute atomic E-state index is 13.9. The monoisotopic (exact) mass is 263 g/mol. The molecule has 0 aliphatic heterocycles. The van der Waals surface area contributed by atoms with Crippen LogP contribution in [0, 0.1) is 12.7 Å². The maximum Gasteiger partial charge on any atom is 0.375 e. The predicted octanol–water partition coefficient (Wildman–Crippen LogP) is 2.37. The van der Waals surface area contributed by atoms with Crippen LogP contribution in [0.2, 0.25) is 0 Å². The van der Waals surface area contributed by atoms with E-state index in [1.165, 1.54) is 10.7 Å². The number of aromatic nitrogens is 3. The average Bonchev–Trinajstić information content (AvgIpc) is 2.74. The maximum atomic E-state index is 13.9. The van der Waals surface area contributed by atoms with Crippen molar-refractivity contribution in [2.24, 2.45) is 0 Å². The van der Waals surface area contributed by atoms with E-state index in [9.17, 15) is 9.18 Å². The Labute approximate surface area is 109 Å². The SMILES string of the molecule is CCCc1nc(C(=O)O)nn1-c1ccc(C)cc1F. The van der Waals surface area contributed by atoms with Gasteiger partial charge in [0.15, 0.2) is 0 Å². The zero-order chi connectivity index (χ0) is 14.0. The first-order valence-electron chi connectivity index (χ1n) is 5.98. The number of nitrogens with zero attached hydrogens (tertiary/aromatic N) is 3. The fraction of sp³-hybridized carbons (Fsp3) is 0.308. The summed E-state index contributed by atoms with van der Waals surface area (Å²) >= 11 is 0. The lowest BCUT2D eigenvalue weighted by atomic mass is 10.2. The van der Waals surface area contributed by atoms with Crippen LogP contribution in [-0.2, 0) is 6.42 Å². The van der Waals surface area contributed by atoms with Crippen LogP contribution < -0.4 is 0 Å². The van der Waals surface area contributed by atoms with Gasteiger partial charge < -0.3 is 5.11 Å². The number of hydrogen-bond donors (Lipinski definition) is 1. The molecular weight excluding hydrogens is 249 g/mol. The van der Waals surface area contributed by atoms with Gasteiger partial charge in [-0.1, -0.05) is 13.0 Å². The van der Waals surface area contributed by atoms with Crippen molar-refractivity contribution in [1.29, 1.82) is 0 Å². The van der Waals surface area contributed by atoms with Gasteiger partial charge in [0.1, 0.15) is 17.3 Å². The van der Waals surface area contributed by atoms with Crippen LogP contribution >= 0.6 is 0 Å². The van der Waals surface area contributed by atoms with Crippen molar-refractivity contribution in [2.75, 3.05) is 0 Å². The Morgan fingerprint density at radius 2 is 2.21 bits per heavy atom. The molecule has 100 valence electrons. The van der Waals surface area contributed by atoms with E-state index in [4.69, 9.17) is 5.11 Å². The molecule has 1 N–H and O–H groups in total.